The molecular weight excluding hydrogens is 184 g/mol. The summed E-state index contributed by atoms with van der Waals surface area (Å²) < 4.78 is 0. The molecular formula is C13H14N2. The smallest absolute Gasteiger partial charge is 0.0944 e. The third-order valence-corrected chi connectivity index (χ3v) is 2.00. The molecule has 0 aliphatic heterocycles. The lowest BCUT2D eigenvalue weighted by Crippen LogP contribution is -2.06. The summed E-state index contributed by atoms with van der Waals surface area (Å²) in [6.45, 7) is 1.78. The number of hydrogen-bond donors (Lipinski definition) is 0. The van der Waals surface area contributed by atoms with Crippen molar-refractivity contribution >= 4 is 5.69 Å². The second-order valence-corrected chi connectivity index (χ2v) is 3.25. The van der Waals surface area contributed by atoms with Crippen molar-refractivity contribution in [1.29, 1.82) is 5.26 Å². The SMILES string of the molecule is C/C(C#N)=C\C=C\N(C)c1ccccc1. The van der Waals surface area contributed by atoms with Crippen LogP contribution in [0.5, 0.6) is 0 Å². The number of nitrogens with zero attached hydrogens (tertiary/aromatic N) is 2. The number of nitriles is 1. The van der Waals surface area contributed by atoms with E-state index in [4.69, 9.17) is 5.26 Å². The van der Waals surface area contributed by atoms with Crippen LogP contribution in [0.2, 0.25) is 0 Å². The van der Waals surface area contributed by atoms with Gasteiger partial charge in [0.2, 0.25) is 0 Å². The van der Waals surface area contributed by atoms with E-state index in [1.54, 1.807) is 13.0 Å². The predicted octanol–water partition coefficient (Wildman–Crippen LogP) is 3.11. The van der Waals surface area contributed by atoms with Crippen LogP contribution in [0.15, 0.2) is 54.3 Å². The van der Waals surface area contributed by atoms with E-state index in [1.807, 2.05) is 54.6 Å². The molecule has 1 rings (SSSR count). The second kappa shape index (κ2) is 5.66. The molecule has 0 atom stereocenters. The Morgan fingerprint density at radius 3 is 2.60 bits per heavy atom. The van der Waals surface area contributed by atoms with Crippen LogP contribution in [0.3, 0.4) is 0 Å². The lowest BCUT2D eigenvalue weighted by Gasteiger charge is -2.12. The van der Waals surface area contributed by atoms with Crippen molar-refractivity contribution in [1.82, 2.24) is 0 Å². The van der Waals surface area contributed by atoms with E-state index in [-0.39, 0.29) is 0 Å². The predicted molar refractivity (Wildman–Crippen MR) is 63.4 cm³/mol. The molecule has 0 bridgehead atoms. The van der Waals surface area contributed by atoms with Gasteiger partial charge in [0.15, 0.2) is 0 Å². The van der Waals surface area contributed by atoms with E-state index >= 15 is 0 Å². The van der Waals surface area contributed by atoms with Crippen LogP contribution < -0.4 is 4.90 Å². The summed E-state index contributed by atoms with van der Waals surface area (Å²) in [7, 11) is 1.97. The average Bonchev–Trinajstić information content (AvgIpc) is 2.29. The minimum Gasteiger partial charge on any atom is -0.351 e. The van der Waals surface area contributed by atoms with Crippen LogP contribution in [0.4, 0.5) is 5.69 Å². The van der Waals surface area contributed by atoms with E-state index in [2.05, 4.69) is 6.07 Å². The molecule has 0 aliphatic carbocycles. The Labute approximate surface area is 90.8 Å². The summed E-state index contributed by atoms with van der Waals surface area (Å²) >= 11 is 0. The zero-order chi connectivity index (χ0) is 11.1. The van der Waals surface area contributed by atoms with Gasteiger partial charge in [0, 0.05) is 24.5 Å². The van der Waals surface area contributed by atoms with Gasteiger partial charge in [-0.3, -0.25) is 0 Å². The average molecular weight is 198 g/mol. The number of rotatable bonds is 3. The Bertz CT molecular complexity index is 396. The van der Waals surface area contributed by atoms with Gasteiger partial charge >= 0.3 is 0 Å². The normalized spacial score (nSPS) is 11.4. The molecule has 0 saturated carbocycles. The van der Waals surface area contributed by atoms with Gasteiger partial charge in [0.05, 0.1) is 6.07 Å². The van der Waals surface area contributed by atoms with E-state index < -0.39 is 0 Å². The molecule has 1 aromatic carbocycles. The van der Waals surface area contributed by atoms with Crippen molar-refractivity contribution in [2.45, 2.75) is 6.92 Å². The first kappa shape index (κ1) is 11.1. The number of anilines is 1. The first-order valence-electron chi connectivity index (χ1n) is 4.77. The highest BCUT2D eigenvalue weighted by atomic mass is 15.1. The molecule has 76 valence electrons. The summed E-state index contributed by atoms with van der Waals surface area (Å²) in [5.41, 5.74) is 1.82. The largest absolute Gasteiger partial charge is 0.351 e. The molecule has 0 N–H and O–H groups in total. The van der Waals surface area contributed by atoms with E-state index in [0.717, 1.165) is 5.69 Å². The van der Waals surface area contributed by atoms with Crippen molar-refractivity contribution in [2.75, 3.05) is 11.9 Å². The minimum atomic E-state index is 0.702. The standard InChI is InChI=1S/C13H14N2/c1-12(11-14)7-6-10-15(2)13-8-4-3-5-9-13/h3-10H,1-2H3/b10-6+,12-7+. The maximum absolute atomic E-state index is 8.55. The summed E-state index contributed by atoms with van der Waals surface area (Å²) in [5, 5.41) is 8.55. The van der Waals surface area contributed by atoms with Gasteiger partial charge in [-0.1, -0.05) is 18.2 Å². The second-order valence-electron chi connectivity index (χ2n) is 3.25. The maximum Gasteiger partial charge on any atom is 0.0944 e. The molecule has 0 fully saturated rings. The van der Waals surface area contributed by atoms with Crippen molar-refractivity contribution < 1.29 is 0 Å². The summed E-state index contributed by atoms with van der Waals surface area (Å²) in [6.07, 6.45) is 5.58. The minimum absolute atomic E-state index is 0.702. The molecule has 0 unspecified atom stereocenters. The number of hydrogen-bond acceptors (Lipinski definition) is 2. The van der Waals surface area contributed by atoms with E-state index in [9.17, 15) is 0 Å². The Morgan fingerprint density at radius 2 is 2.00 bits per heavy atom. The molecule has 0 radical (unpaired) electrons. The molecule has 0 heterocycles. The molecule has 0 aliphatic rings. The molecule has 0 amide bonds. The van der Waals surface area contributed by atoms with E-state index in [0.29, 0.717) is 5.57 Å². The van der Waals surface area contributed by atoms with Gasteiger partial charge in [0.25, 0.3) is 0 Å². The maximum atomic E-state index is 8.55. The van der Waals surface area contributed by atoms with Gasteiger partial charge in [-0.05, 0) is 31.2 Å². The van der Waals surface area contributed by atoms with Gasteiger partial charge in [0.1, 0.15) is 0 Å². The van der Waals surface area contributed by atoms with Crippen LogP contribution in [-0.2, 0) is 0 Å². The van der Waals surface area contributed by atoms with Gasteiger partial charge in [-0.2, -0.15) is 5.26 Å². The number of allylic oxidation sites excluding steroid dienone is 3. The Hall–Kier alpha value is -2.01. The molecule has 2 nitrogen and oxygen atoms in total. The lowest BCUT2D eigenvalue weighted by atomic mass is 10.3. The molecule has 1 aromatic rings. The van der Waals surface area contributed by atoms with Crippen LogP contribution in [0, 0.1) is 11.3 Å². The van der Waals surface area contributed by atoms with Gasteiger partial charge < -0.3 is 4.90 Å². The van der Waals surface area contributed by atoms with E-state index in [1.165, 1.54) is 0 Å². The highest BCUT2D eigenvalue weighted by molar-refractivity contribution is 5.48. The van der Waals surface area contributed by atoms with Crippen molar-refractivity contribution in [3.8, 4) is 6.07 Å². The Morgan fingerprint density at radius 1 is 1.33 bits per heavy atom. The zero-order valence-corrected chi connectivity index (χ0v) is 9.01. The fraction of sp³-hybridized carbons (Fsp3) is 0.154. The van der Waals surface area contributed by atoms with Crippen LogP contribution >= 0.6 is 0 Å². The highest BCUT2D eigenvalue weighted by Gasteiger charge is 1.92. The molecule has 2 heteroatoms. The number of benzene rings is 1. The lowest BCUT2D eigenvalue weighted by molar-refractivity contribution is 1.20. The summed E-state index contributed by atoms with van der Waals surface area (Å²) in [5.74, 6) is 0. The molecule has 0 aromatic heterocycles. The fourth-order valence-corrected chi connectivity index (χ4v) is 1.10. The summed E-state index contributed by atoms with van der Waals surface area (Å²) in [6, 6.07) is 12.1. The molecule has 0 spiro atoms. The Balaban J connectivity index is 2.65. The Kier molecular flexibility index (Phi) is 4.18. The van der Waals surface area contributed by atoms with Crippen molar-refractivity contribution in [2.24, 2.45) is 0 Å². The quantitative estimate of drug-likeness (QED) is 0.551. The topological polar surface area (TPSA) is 27.0 Å². The van der Waals surface area contributed by atoms with Crippen LogP contribution in [-0.4, -0.2) is 7.05 Å². The fourth-order valence-electron chi connectivity index (χ4n) is 1.10. The number of para-hydroxylation sites is 1. The van der Waals surface area contributed by atoms with Gasteiger partial charge in [-0.15, -0.1) is 0 Å². The van der Waals surface area contributed by atoms with Crippen molar-refractivity contribution in [3.05, 3.63) is 54.3 Å². The molecule has 15 heavy (non-hydrogen) atoms. The van der Waals surface area contributed by atoms with Crippen LogP contribution in [0.25, 0.3) is 0 Å². The first-order valence-corrected chi connectivity index (χ1v) is 4.77. The van der Waals surface area contributed by atoms with Crippen LogP contribution in [0.1, 0.15) is 6.92 Å². The van der Waals surface area contributed by atoms with Gasteiger partial charge in [-0.25, -0.2) is 0 Å². The summed E-state index contributed by atoms with van der Waals surface area (Å²) in [4.78, 5) is 2.00. The van der Waals surface area contributed by atoms with Crippen molar-refractivity contribution in [3.63, 3.8) is 0 Å². The third kappa shape index (κ3) is 3.70. The monoisotopic (exact) mass is 198 g/mol. The first-order chi connectivity index (χ1) is 7.24. The third-order valence-electron chi connectivity index (χ3n) is 2.00. The molecule has 0 saturated heterocycles. The highest BCUT2D eigenvalue weighted by Crippen LogP contribution is 2.10. The zero-order valence-electron chi connectivity index (χ0n) is 9.01.